The number of amides is 1. The van der Waals surface area contributed by atoms with E-state index in [1.807, 2.05) is 39.0 Å². The van der Waals surface area contributed by atoms with Crippen LogP contribution < -0.4 is 14.8 Å². The summed E-state index contributed by atoms with van der Waals surface area (Å²) in [6.07, 6.45) is 0.383. The molecule has 0 spiro atoms. The molecule has 0 aromatic heterocycles. The Morgan fingerprint density at radius 1 is 1.19 bits per heavy atom. The summed E-state index contributed by atoms with van der Waals surface area (Å²) >= 11 is 0. The average molecular weight is 356 g/mol. The van der Waals surface area contributed by atoms with Gasteiger partial charge in [-0.25, -0.2) is 0 Å². The third-order valence-electron chi connectivity index (χ3n) is 2.30. The third-order valence-corrected chi connectivity index (χ3v) is 3.63. The zero-order chi connectivity index (χ0) is 14.5. The van der Waals surface area contributed by atoms with Gasteiger partial charge in [-0.1, -0.05) is 35.4 Å². The first-order valence-electron chi connectivity index (χ1n) is 6.08. The largest absolute Gasteiger partial charge is 2.00 e. The van der Waals surface area contributed by atoms with Gasteiger partial charge in [-0.15, -0.1) is 5.54 Å². The maximum Gasteiger partial charge on any atom is 2.00 e. The zero-order valence-corrected chi connectivity index (χ0v) is 15.4. The Labute approximate surface area is 140 Å². The molecule has 0 N–H and O–H groups in total. The van der Waals surface area contributed by atoms with Crippen LogP contribution in [-0.4, -0.2) is 31.8 Å². The van der Waals surface area contributed by atoms with Crippen molar-refractivity contribution in [2.75, 3.05) is 20.4 Å². The Bertz CT molecular complexity index is 425. The molecule has 0 saturated carbocycles. The van der Waals surface area contributed by atoms with Crippen molar-refractivity contribution < 1.29 is 30.8 Å². The quantitative estimate of drug-likeness (QED) is 0.463. The molecule has 6 heteroatoms. The van der Waals surface area contributed by atoms with Gasteiger partial charge in [0.1, 0.15) is 11.5 Å². The predicted octanol–water partition coefficient (Wildman–Crippen LogP) is 3.15. The number of nitrogens with zero attached hydrogens (tertiary/aromatic N) is 1. The molecule has 0 bridgehead atoms. The fourth-order valence-electron chi connectivity index (χ4n) is 1.60. The maximum absolute atomic E-state index is 11.8. The predicted molar refractivity (Wildman–Crippen MR) is 86.9 cm³/mol. The van der Waals surface area contributed by atoms with Gasteiger partial charge >= 0.3 is 16.5 Å². The van der Waals surface area contributed by atoms with Crippen LogP contribution in [0.5, 0.6) is 11.5 Å². The van der Waals surface area contributed by atoms with Crippen molar-refractivity contribution in [2.45, 2.75) is 26.3 Å². The van der Waals surface area contributed by atoms with Crippen molar-refractivity contribution in [2.24, 2.45) is 0 Å². The van der Waals surface area contributed by atoms with Crippen LogP contribution in [0, 0.1) is 7.43 Å². The van der Waals surface area contributed by atoms with Gasteiger partial charge in [0, 0.05) is 6.16 Å². The molecule has 0 aliphatic rings. The number of hydrogen-bond donors (Lipinski definition) is 0. The van der Waals surface area contributed by atoms with Crippen LogP contribution in [0.25, 0.3) is 5.32 Å². The van der Waals surface area contributed by atoms with Crippen LogP contribution in [0.15, 0.2) is 18.2 Å². The topological polar surface area (TPSA) is 49.6 Å². The number of rotatable bonds is 5. The molecule has 1 atom stereocenters. The summed E-state index contributed by atoms with van der Waals surface area (Å²) in [5.41, 5.74) is -0.327. The van der Waals surface area contributed by atoms with E-state index in [2.05, 4.69) is 5.32 Å². The van der Waals surface area contributed by atoms with Gasteiger partial charge in [0.15, 0.2) is 0 Å². The molecule has 4 nitrogen and oxygen atoms in total. The smallest absolute Gasteiger partial charge is 0.648 e. The molecule has 1 aromatic rings. The summed E-state index contributed by atoms with van der Waals surface area (Å²) in [7, 11) is 3.52. The van der Waals surface area contributed by atoms with Crippen molar-refractivity contribution in [1.82, 2.24) is 0 Å². The van der Waals surface area contributed by atoms with Gasteiger partial charge in [-0.3, -0.25) is 0 Å². The van der Waals surface area contributed by atoms with Gasteiger partial charge in [0.25, 0.3) is 0 Å². The summed E-state index contributed by atoms with van der Waals surface area (Å²) in [5.74, 6) is 1.42. The second kappa shape index (κ2) is 10.0. The molecule has 0 aliphatic heterocycles. The Balaban J connectivity index is 0. The van der Waals surface area contributed by atoms with E-state index in [-0.39, 0.29) is 43.9 Å². The number of benzene rings is 1. The van der Waals surface area contributed by atoms with Crippen molar-refractivity contribution >= 4 is 19.8 Å². The summed E-state index contributed by atoms with van der Waals surface area (Å²) in [5, 5.41) is 5.06. The fraction of sp³-hybridized carbons (Fsp3) is 0.467. The Morgan fingerprint density at radius 2 is 1.67 bits per heavy atom. The monoisotopic (exact) mass is 355 g/mol. The van der Waals surface area contributed by atoms with Crippen LogP contribution >= 0.6 is 8.58 Å². The first-order valence-corrected chi connectivity index (χ1v) is 7.28. The van der Waals surface area contributed by atoms with E-state index in [1.54, 1.807) is 14.2 Å². The number of hydrogen-bond acceptors (Lipinski definition) is 3. The second-order valence-electron chi connectivity index (χ2n) is 5.07. The first kappa shape index (κ1) is 22.5. The van der Waals surface area contributed by atoms with Gasteiger partial charge in [0.05, 0.1) is 25.4 Å². The maximum atomic E-state index is 11.8. The van der Waals surface area contributed by atoms with Crippen molar-refractivity contribution in [3.63, 3.8) is 0 Å². The van der Waals surface area contributed by atoms with Crippen LogP contribution in [0.3, 0.4) is 0 Å². The molecule has 21 heavy (non-hydrogen) atoms. The number of ether oxygens (including phenoxy) is 2. The molecule has 0 saturated heterocycles. The van der Waals surface area contributed by atoms with E-state index in [0.717, 1.165) is 16.8 Å². The Kier molecular flexibility index (Phi) is 10.7. The molecule has 0 heterocycles. The summed E-state index contributed by atoms with van der Waals surface area (Å²) in [4.78, 5) is 11.8. The van der Waals surface area contributed by atoms with Crippen LogP contribution in [0.2, 0.25) is 0 Å². The van der Waals surface area contributed by atoms with Gasteiger partial charge in [0.2, 0.25) is 0 Å². The molecule has 0 radical (unpaired) electrons. The van der Waals surface area contributed by atoms with Crippen molar-refractivity contribution in [3.05, 3.63) is 30.9 Å². The van der Waals surface area contributed by atoms with E-state index < -0.39 is 0 Å². The Hall–Kier alpha value is -0.786. The molecule has 1 rings (SSSR count). The molecule has 1 amide bonds. The SMILES string of the molecule is COc1cccc(OC)c1PCC(=O)[N-]C(C)(C)C.[CH3-].[Ni+2]. The number of methoxy groups -OCH3 is 2. The van der Waals surface area contributed by atoms with Crippen LogP contribution in [0.1, 0.15) is 20.8 Å². The minimum Gasteiger partial charge on any atom is -0.648 e. The molecule has 0 aliphatic carbocycles. The third kappa shape index (κ3) is 7.69. The van der Waals surface area contributed by atoms with Crippen LogP contribution in [0.4, 0.5) is 0 Å². The van der Waals surface area contributed by atoms with Gasteiger partial charge < -0.3 is 27.0 Å². The summed E-state index contributed by atoms with van der Waals surface area (Å²) < 4.78 is 10.6. The molecule has 1 aromatic carbocycles. The van der Waals surface area contributed by atoms with Crippen molar-refractivity contribution in [1.29, 1.82) is 0 Å². The second-order valence-corrected chi connectivity index (χ2v) is 6.27. The van der Waals surface area contributed by atoms with Crippen molar-refractivity contribution in [3.8, 4) is 11.5 Å². The first-order chi connectivity index (χ1) is 8.87. The molecule has 0 fully saturated rings. The zero-order valence-electron chi connectivity index (χ0n) is 13.4. The van der Waals surface area contributed by atoms with Gasteiger partial charge in [-0.2, -0.15) is 0 Å². The number of carbonyl (C=O) groups is 1. The van der Waals surface area contributed by atoms with E-state index >= 15 is 0 Å². The minimum atomic E-state index is -0.327. The number of carbonyl (C=O) groups excluding carboxylic acids is 1. The fourth-order valence-corrected chi connectivity index (χ4v) is 2.73. The minimum absolute atomic E-state index is 0. The normalized spacial score (nSPS) is 10.5. The molecular formula is C15H24NNiO3P. The molecular weight excluding hydrogens is 332 g/mol. The summed E-state index contributed by atoms with van der Waals surface area (Å²) in [6.45, 7) is 5.74. The standard InChI is InChI=1S/C14H22NO3P.CH3.Ni/c1-14(2,3)15-12(16)9-19-13-10(17-4)7-6-8-11(13)18-5;;/h6-8,19H,9H2,1-5H3,(H,15,16);1H3;/q;-1;+2/p-1. The van der Waals surface area contributed by atoms with E-state index in [1.165, 1.54) is 0 Å². The average Bonchev–Trinajstić information content (AvgIpc) is 2.33. The Morgan fingerprint density at radius 3 is 2.05 bits per heavy atom. The van der Waals surface area contributed by atoms with E-state index in [9.17, 15) is 4.79 Å². The summed E-state index contributed by atoms with van der Waals surface area (Å²) in [6, 6.07) is 5.61. The molecule has 1 unspecified atom stereocenters. The van der Waals surface area contributed by atoms with E-state index in [0.29, 0.717) is 6.16 Å². The van der Waals surface area contributed by atoms with E-state index in [4.69, 9.17) is 9.47 Å². The van der Waals surface area contributed by atoms with Gasteiger partial charge in [-0.05, 0) is 12.1 Å². The molecule has 122 valence electrons. The van der Waals surface area contributed by atoms with Crippen LogP contribution in [-0.2, 0) is 21.3 Å².